The predicted molar refractivity (Wildman–Crippen MR) is 96.4 cm³/mol. The van der Waals surface area contributed by atoms with Crippen molar-refractivity contribution in [3.8, 4) is 0 Å². The predicted octanol–water partition coefficient (Wildman–Crippen LogP) is 1.58. The number of piperidine rings is 1. The molecule has 2 bridgehead atoms. The molecule has 0 saturated carbocycles. The first-order chi connectivity index (χ1) is 12.9. The Morgan fingerprint density at radius 2 is 1.85 bits per heavy atom. The van der Waals surface area contributed by atoms with E-state index < -0.39 is 11.9 Å². The maximum absolute atomic E-state index is 12.3. The molecule has 2 aliphatic heterocycles. The Morgan fingerprint density at radius 3 is 2.44 bits per heavy atom. The van der Waals surface area contributed by atoms with Crippen molar-refractivity contribution < 1.29 is 29.0 Å². The van der Waals surface area contributed by atoms with E-state index in [1.54, 1.807) is 6.26 Å². The van der Waals surface area contributed by atoms with Gasteiger partial charge in [-0.1, -0.05) is 0 Å². The first kappa shape index (κ1) is 18.7. The molecule has 2 aromatic rings. The van der Waals surface area contributed by atoms with Gasteiger partial charge in [-0.05, 0) is 43.1 Å². The first-order valence-corrected chi connectivity index (χ1v) is 8.57. The highest BCUT2D eigenvalue weighted by atomic mass is 16.4. The lowest BCUT2D eigenvalue weighted by Gasteiger charge is -2.23. The van der Waals surface area contributed by atoms with Crippen LogP contribution in [0.4, 0.5) is 0 Å². The molecule has 1 aromatic carbocycles. The molecule has 0 spiro atoms. The van der Waals surface area contributed by atoms with E-state index in [1.807, 2.05) is 24.3 Å². The summed E-state index contributed by atoms with van der Waals surface area (Å²) in [7, 11) is 0. The third kappa shape index (κ3) is 4.73. The number of benzene rings is 1. The molecule has 3 heterocycles. The molecular formula is C19H20N2O6. The summed E-state index contributed by atoms with van der Waals surface area (Å²) in [4.78, 5) is 33.8. The summed E-state index contributed by atoms with van der Waals surface area (Å²) in [6.07, 6.45) is 3.98. The minimum Gasteiger partial charge on any atom is -0.478 e. The number of furan rings is 1. The monoisotopic (exact) mass is 372 g/mol. The van der Waals surface area contributed by atoms with Gasteiger partial charge in [0.1, 0.15) is 5.58 Å². The zero-order valence-corrected chi connectivity index (χ0v) is 14.5. The maximum Gasteiger partial charge on any atom is 0.328 e. The van der Waals surface area contributed by atoms with Crippen molar-refractivity contribution in [2.24, 2.45) is 5.92 Å². The molecule has 3 atom stereocenters. The van der Waals surface area contributed by atoms with Crippen molar-refractivity contribution in [3.63, 3.8) is 0 Å². The quantitative estimate of drug-likeness (QED) is 0.697. The Kier molecular flexibility index (Phi) is 5.56. The number of rotatable bonds is 4. The smallest absolute Gasteiger partial charge is 0.328 e. The van der Waals surface area contributed by atoms with Crippen LogP contribution in [0.15, 0.2) is 47.1 Å². The molecule has 142 valence electrons. The van der Waals surface area contributed by atoms with Gasteiger partial charge in [-0.15, -0.1) is 0 Å². The van der Waals surface area contributed by atoms with Crippen LogP contribution in [0.2, 0.25) is 0 Å². The number of amides is 1. The topological polar surface area (TPSA) is 120 Å². The second-order valence-corrected chi connectivity index (χ2v) is 6.57. The van der Waals surface area contributed by atoms with E-state index in [0.717, 1.165) is 24.1 Å². The molecule has 0 radical (unpaired) electrons. The van der Waals surface area contributed by atoms with Crippen LogP contribution < -0.4 is 5.32 Å². The second kappa shape index (κ2) is 8.05. The van der Waals surface area contributed by atoms with Crippen LogP contribution in [0.25, 0.3) is 11.0 Å². The molecule has 0 aliphatic carbocycles. The number of carboxylic acids is 2. The fourth-order valence-corrected chi connectivity index (χ4v) is 3.45. The van der Waals surface area contributed by atoms with Crippen molar-refractivity contribution in [1.82, 2.24) is 10.2 Å². The summed E-state index contributed by atoms with van der Waals surface area (Å²) in [6, 6.07) is 7.78. The molecule has 3 N–H and O–H groups in total. The Labute approximate surface area is 155 Å². The molecule has 2 saturated heterocycles. The van der Waals surface area contributed by atoms with Crippen molar-refractivity contribution in [2.75, 3.05) is 19.6 Å². The fraction of sp³-hybridized carbons (Fsp3) is 0.316. The fourth-order valence-electron chi connectivity index (χ4n) is 3.45. The molecule has 8 nitrogen and oxygen atoms in total. The Balaban J connectivity index is 0.000000226. The Morgan fingerprint density at radius 1 is 1.11 bits per heavy atom. The number of hydrogen-bond acceptors (Lipinski definition) is 5. The number of aliphatic carboxylic acids is 2. The summed E-state index contributed by atoms with van der Waals surface area (Å²) in [5.41, 5.74) is 1.54. The number of carboxylic acid groups (broad SMARTS) is 2. The normalized spacial score (nSPS) is 23.2. The van der Waals surface area contributed by atoms with Gasteiger partial charge >= 0.3 is 11.9 Å². The summed E-state index contributed by atoms with van der Waals surface area (Å²) in [5.74, 6) is -1.84. The molecular weight excluding hydrogens is 352 g/mol. The van der Waals surface area contributed by atoms with Crippen molar-refractivity contribution in [3.05, 3.63) is 48.2 Å². The summed E-state index contributed by atoms with van der Waals surface area (Å²) < 4.78 is 5.29. The van der Waals surface area contributed by atoms with Gasteiger partial charge in [-0.25, -0.2) is 9.59 Å². The number of fused-ring (bicyclic) bond motifs is 3. The zero-order chi connectivity index (χ0) is 19.4. The van der Waals surface area contributed by atoms with E-state index in [9.17, 15) is 14.4 Å². The lowest BCUT2D eigenvalue weighted by molar-refractivity contribution is -0.134. The first-order valence-electron chi connectivity index (χ1n) is 8.57. The molecule has 1 amide bonds. The lowest BCUT2D eigenvalue weighted by Crippen LogP contribution is -2.43. The van der Waals surface area contributed by atoms with Crippen LogP contribution in [0.3, 0.4) is 0 Å². The number of nitrogens with one attached hydrogen (secondary N) is 1. The zero-order valence-electron chi connectivity index (χ0n) is 14.5. The van der Waals surface area contributed by atoms with Crippen LogP contribution in [0.1, 0.15) is 16.8 Å². The number of nitrogens with zero attached hydrogens (tertiary/aromatic N) is 1. The van der Waals surface area contributed by atoms with Gasteiger partial charge in [0.05, 0.1) is 6.26 Å². The summed E-state index contributed by atoms with van der Waals surface area (Å²) in [6.45, 7) is 3.34. The Bertz CT molecular complexity index is 871. The van der Waals surface area contributed by atoms with Gasteiger partial charge in [0.25, 0.3) is 5.91 Å². The lowest BCUT2D eigenvalue weighted by atomic mass is 9.99. The Hall–Kier alpha value is -3.13. The average Bonchev–Trinajstić information content (AvgIpc) is 3.36. The summed E-state index contributed by atoms with van der Waals surface area (Å²) >= 11 is 0. The molecule has 4 rings (SSSR count). The van der Waals surface area contributed by atoms with Crippen LogP contribution in [-0.4, -0.2) is 58.6 Å². The third-order valence-electron chi connectivity index (χ3n) is 4.73. The second-order valence-electron chi connectivity index (χ2n) is 6.57. The van der Waals surface area contributed by atoms with Crippen molar-refractivity contribution >= 4 is 28.8 Å². The van der Waals surface area contributed by atoms with Gasteiger partial charge in [0.2, 0.25) is 0 Å². The largest absolute Gasteiger partial charge is 0.478 e. The highest BCUT2D eigenvalue weighted by Gasteiger charge is 2.38. The summed E-state index contributed by atoms with van der Waals surface area (Å²) in [5, 5.41) is 19.8. The van der Waals surface area contributed by atoms with Crippen LogP contribution >= 0.6 is 0 Å². The number of carbonyl (C=O) groups is 3. The van der Waals surface area contributed by atoms with Crippen molar-refractivity contribution in [2.45, 2.75) is 12.5 Å². The third-order valence-corrected chi connectivity index (χ3v) is 4.73. The molecule has 2 fully saturated rings. The highest BCUT2D eigenvalue weighted by Crippen LogP contribution is 2.28. The van der Waals surface area contributed by atoms with E-state index in [4.69, 9.17) is 14.6 Å². The van der Waals surface area contributed by atoms with E-state index in [-0.39, 0.29) is 5.91 Å². The standard InChI is InChI=1S/C15H16N2O2.C4H4O4/c18-15(16-13-9-17-5-3-12(13)8-17)11-1-2-14-10(7-11)4-6-19-14;5-3(6)1-2-4(7)8/h1-2,4,6-7,12-13H,3,5,8-9H2,(H,16,18);1-2H,(H,5,6)(H,7,8)/b;2-1+/t12-,13?;/m0./s1. The van der Waals surface area contributed by atoms with Crippen molar-refractivity contribution in [1.29, 1.82) is 0 Å². The molecule has 8 heteroatoms. The number of hydrogen-bond donors (Lipinski definition) is 3. The van der Waals surface area contributed by atoms with Gasteiger partial charge in [0, 0.05) is 42.2 Å². The average molecular weight is 372 g/mol. The maximum atomic E-state index is 12.3. The van der Waals surface area contributed by atoms with E-state index in [1.165, 1.54) is 13.0 Å². The molecule has 1 aromatic heterocycles. The van der Waals surface area contributed by atoms with E-state index in [2.05, 4.69) is 10.2 Å². The van der Waals surface area contributed by atoms with Crippen LogP contribution in [0, 0.1) is 5.92 Å². The van der Waals surface area contributed by atoms with E-state index >= 15 is 0 Å². The van der Waals surface area contributed by atoms with Gasteiger partial charge in [0.15, 0.2) is 0 Å². The minimum atomic E-state index is -1.26. The van der Waals surface area contributed by atoms with Crippen LogP contribution in [0.5, 0.6) is 0 Å². The van der Waals surface area contributed by atoms with Gasteiger partial charge in [-0.2, -0.15) is 0 Å². The number of carbonyl (C=O) groups excluding carboxylic acids is 1. The molecule has 2 unspecified atom stereocenters. The van der Waals surface area contributed by atoms with E-state index in [0.29, 0.717) is 29.7 Å². The molecule has 2 aliphatic rings. The SMILES string of the molecule is O=C(NC1CN2CC[C@H]1C2)c1ccc2occc2c1.O=C(O)/C=C/C(=O)O. The van der Waals surface area contributed by atoms with Gasteiger partial charge < -0.3 is 24.8 Å². The minimum absolute atomic E-state index is 0.0295. The van der Waals surface area contributed by atoms with Gasteiger partial charge in [-0.3, -0.25) is 4.79 Å². The van der Waals surface area contributed by atoms with Crippen LogP contribution in [-0.2, 0) is 9.59 Å². The molecule has 27 heavy (non-hydrogen) atoms. The highest BCUT2D eigenvalue weighted by molar-refractivity contribution is 5.98.